The molecule has 0 aliphatic rings. The zero-order valence-electron chi connectivity index (χ0n) is 5.57. The largest absolute Gasteiger partial charge is 0.268 e. The number of isothiocyanates is 1. The van der Waals surface area contributed by atoms with Gasteiger partial charge < -0.3 is 0 Å². The molecule has 0 aliphatic heterocycles. The van der Waals surface area contributed by atoms with E-state index in [9.17, 15) is 4.79 Å². The van der Waals surface area contributed by atoms with E-state index in [-0.39, 0.29) is 5.56 Å². The summed E-state index contributed by atoms with van der Waals surface area (Å²) in [5.41, 5.74) is 0.446. The Labute approximate surface area is 68.0 Å². The maximum Gasteiger partial charge on any atom is 0.264 e. The van der Waals surface area contributed by atoms with Crippen molar-refractivity contribution in [1.29, 1.82) is 0 Å². The number of thiocarbonyl (C=S) groups is 1. The van der Waals surface area contributed by atoms with Gasteiger partial charge in [-0.15, -0.1) is 0 Å². The van der Waals surface area contributed by atoms with Gasteiger partial charge in [-0.05, 0) is 18.3 Å². The van der Waals surface area contributed by atoms with Crippen LogP contribution in [0.4, 0.5) is 0 Å². The summed E-state index contributed by atoms with van der Waals surface area (Å²) in [6.07, 6.45) is 0. The Bertz CT molecular complexity index is 319. The summed E-state index contributed by atoms with van der Waals surface area (Å²) >= 11 is 4.36. The molecule has 0 amide bonds. The number of aromatic nitrogens is 2. The van der Waals surface area contributed by atoms with Crippen molar-refractivity contribution in [2.24, 2.45) is 4.99 Å². The van der Waals surface area contributed by atoms with Crippen LogP contribution >= 0.6 is 12.2 Å². The third-order valence-electron chi connectivity index (χ3n) is 1.04. The molecule has 0 radical (unpaired) electrons. The van der Waals surface area contributed by atoms with Gasteiger partial charge in [-0.2, -0.15) is 5.10 Å². The zero-order valence-corrected chi connectivity index (χ0v) is 6.39. The second-order valence-corrected chi connectivity index (χ2v) is 2.00. The molecule has 0 atom stereocenters. The lowest BCUT2D eigenvalue weighted by molar-refractivity contribution is 0.882. The van der Waals surface area contributed by atoms with Gasteiger partial charge in [0.25, 0.3) is 5.56 Å². The lowest BCUT2D eigenvalue weighted by Gasteiger charge is -1.89. The first-order valence-electron chi connectivity index (χ1n) is 2.91. The van der Waals surface area contributed by atoms with Crippen LogP contribution in [0.5, 0.6) is 0 Å². The molecule has 0 spiro atoms. The van der Waals surface area contributed by atoms with E-state index in [0.29, 0.717) is 12.2 Å². The first kappa shape index (κ1) is 7.78. The molecule has 56 valence electrons. The highest BCUT2D eigenvalue weighted by atomic mass is 32.1. The number of aliphatic imine (C=N–C) groups is 1. The number of hydrogen-bond acceptors (Lipinski definition) is 4. The Balaban J connectivity index is 2.81. The minimum Gasteiger partial charge on any atom is -0.268 e. The molecule has 1 rings (SSSR count). The number of nitrogens with one attached hydrogen (secondary N) is 1. The average molecular weight is 167 g/mol. The quantitative estimate of drug-likeness (QED) is 0.511. The van der Waals surface area contributed by atoms with Crippen molar-refractivity contribution in [1.82, 2.24) is 10.2 Å². The van der Waals surface area contributed by atoms with Gasteiger partial charge in [0.15, 0.2) is 0 Å². The van der Waals surface area contributed by atoms with Gasteiger partial charge in [0.05, 0.1) is 17.4 Å². The van der Waals surface area contributed by atoms with E-state index in [1.165, 1.54) is 6.07 Å². The fraction of sp³-hybridized carbons (Fsp3) is 0.167. The summed E-state index contributed by atoms with van der Waals surface area (Å²) in [6, 6.07) is 2.98. The molecule has 1 N–H and O–H groups in total. The van der Waals surface area contributed by atoms with Gasteiger partial charge in [0.2, 0.25) is 0 Å². The van der Waals surface area contributed by atoms with Gasteiger partial charge in [-0.1, -0.05) is 0 Å². The van der Waals surface area contributed by atoms with Crippen LogP contribution in [0.3, 0.4) is 0 Å². The van der Waals surface area contributed by atoms with Crippen molar-refractivity contribution in [3.05, 3.63) is 28.2 Å². The Kier molecular flexibility index (Phi) is 2.66. The van der Waals surface area contributed by atoms with E-state index in [4.69, 9.17) is 0 Å². The fourth-order valence-electron chi connectivity index (χ4n) is 0.575. The van der Waals surface area contributed by atoms with Crippen molar-refractivity contribution >= 4 is 17.4 Å². The van der Waals surface area contributed by atoms with E-state index in [2.05, 4.69) is 32.6 Å². The predicted octanol–water partition coefficient (Wildman–Crippen LogP) is 0.373. The first-order chi connectivity index (χ1) is 5.33. The molecule has 0 saturated heterocycles. The molecule has 1 heterocycles. The van der Waals surface area contributed by atoms with Gasteiger partial charge >= 0.3 is 0 Å². The van der Waals surface area contributed by atoms with E-state index in [0.717, 1.165) is 0 Å². The topological polar surface area (TPSA) is 58.1 Å². The third-order valence-corrected chi connectivity index (χ3v) is 1.17. The number of rotatable bonds is 2. The number of nitrogens with zero attached hydrogens (tertiary/aromatic N) is 2. The minimum atomic E-state index is -0.222. The number of aromatic amines is 1. The predicted molar refractivity (Wildman–Crippen MR) is 43.6 cm³/mol. The average Bonchev–Trinajstić information content (AvgIpc) is 2.04. The van der Waals surface area contributed by atoms with Crippen LogP contribution in [-0.2, 0) is 6.54 Å². The molecule has 11 heavy (non-hydrogen) atoms. The van der Waals surface area contributed by atoms with E-state index >= 15 is 0 Å². The molecular formula is C6H5N3OS. The Morgan fingerprint density at radius 2 is 2.55 bits per heavy atom. The molecule has 0 fully saturated rings. The molecular weight excluding hydrogens is 162 g/mol. The SMILES string of the molecule is O=c1ccc(CN=C=S)n[nH]1. The van der Waals surface area contributed by atoms with Gasteiger partial charge in [-0.25, -0.2) is 10.1 Å². The fourth-order valence-corrected chi connectivity index (χ4v) is 0.639. The monoisotopic (exact) mass is 167 g/mol. The molecule has 0 aliphatic carbocycles. The summed E-state index contributed by atoms with van der Waals surface area (Å²) in [6.45, 7) is 0.361. The van der Waals surface area contributed by atoms with E-state index < -0.39 is 0 Å². The lowest BCUT2D eigenvalue weighted by atomic mass is 10.4. The van der Waals surface area contributed by atoms with Gasteiger partial charge in [-0.3, -0.25) is 4.79 Å². The molecule has 0 aromatic carbocycles. The van der Waals surface area contributed by atoms with Crippen molar-refractivity contribution in [3.63, 3.8) is 0 Å². The molecule has 0 saturated carbocycles. The molecule has 1 aromatic heterocycles. The third kappa shape index (κ3) is 2.41. The summed E-state index contributed by atoms with van der Waals surface area (Å²) in [5, 5.41) is 8.19. The number of H-pyrrole nitrogens is 1. The lowest BCUT2D eigenvalue weighted by Crippen LogP contribution is -2.06. The van der Waals surface area contributed by atoms with Crippen LogP contribution in [0.25, 0.3) is 0 Å². The second kappa shape index (κ2) is 3.75. The standard InChI is InChI=1S/C6H5N3OS/c10-6-2-1-5(8-9-6)3-7-4-11/h1-2H,3H2,(H,9,10). The van der Waals surface area contributed by atoms with Crippen molar-refractivity contribution < 1.29 is 0 Å². The van der Waals surface area contributed by atoms with Crippen molar-refractivity contribution in [3.8, 4) is 0 Å². The maximum atomic E-state index is 10.5. The second-order valence-electron chi connectivity index (χ2n) is 1.82. The van der Waals surface area contributed by atoms with Crippen LogP contribution in [-0.4, -0.2) is 15.4 Å². The zero-order chi connectivity index (χ0) is 8.10. The van der Waals surface area contributed by atoms with Crippen LogP contribution in [0.1, 0.15) is 5.69 Å². The molecule has 0 unspecified atom stereocenters. The van der Waals surface area contributed by atoms with E-state index in [1.807, 2.05) is 0 Å². The first-order valence-corrected chi connectivity index (χ1v) is 3.32. The Hall–Kier alpha value is -1.32. The van der Waals surface area contributed by atoms with Crippen molar-refractivity contribution in [2.75, 3.05) is 0 Å². The Morgan fingerprint density at radius 3 is 3.09 bits per heavy atom. The highest BCUT2D eigenvalue weighted by Crippen LogP contribution is 1.89. The summed E-state index contributed by atoms with van der Waals surface area (Å²) < 4.78 is 0. The van der Waals surface area contributed by atoms with Crippen LogP contribution in [0.15, 0.2) is 21.9 Å². The normalized spacial score (nSPS) is 8.73. The number of hydrogen-bond donors (Lipinski definition) is 1. The molecule has 0 bridgehead atoms. The molecule has 4 nitrogen and oxygen atoms in total. The smallest absolute Gasteiger partial charge is 0.264 e. The highest BCUT2D eigenvalue weighted by Gasteiger charge is 1.89. The highest BCUT2D eigenvalue weighted by molar-refractivity contribution is 7.78. The molecule has 5 heteroatoms. The summed E-state index contributed by atoms with van der Waals surface area (Å²) in [5.74, 6) is 0. The van der Waals surface area contributed by atoms with Crippen LogP contribution < -0.4 is 5.56 Å². The Morgan fingerprint density at radius 1 is 1.73 bits per heavy atom. The van der Waals surface area contributed by atoms with Gasteiger partial charge in [0.1, 0.15) is 0 Å². The molecule has 1 aromatic rings. The van der Waals surface area contributed by atoms with E-state index in [1.54, 1.807) is 6.07 Å². The maximum absolute atomic E-state index is 10.5. The van der Waals surface area contributed by atoms with Crippen LogP contribution in [0, 0.1) is 0 Å². The van der Waals surface area contributed by atoms with Crippen LogP contribution in [0.2, 0.25) is 0 Å². The van der Waals surface area contributed by atoms with Gasteiger partial charge in [0, 0.05) is 6.07 Å². The summed E-state index contributed by atoms with van der Waals surface area (Å²) in [4.78, 5) is 14.2. The summed E-state index contributed by atoms with van der Waals surface area (Å²) in [7, 11) is 0. The minimum absolute atomic E-state index is 0.222. The van der Waals surface area contributed by atoms with Crippen molar-refractivity contribution in [2.45, 2.75) is 6.54 Å².